The highest BCUT2D eigenvalue weighted by atomic mass is 16.5. The van der Waals surface area contributed by atoms with Crippen LogP contribution in [0.4, 0.5) is 0 Å². The van der Waals surface area contributed by atoms with Crippen LogP contribution in [0.15, 0.2) is 71.2 Å². The summed E-state index contributed by atoms with van der Waals surface area (Å²) in [5, 5.41) is 18.8. The van der Waals surface area contributed by atoms with Crippen molar-refractivity contribution >= 4 is 6.08 Å². The summed E-state index contributed by atoms with van der Waals surface area (Å²) < 4.78 is 5.84. The van der Waals surface area contributed by atoms with Crippen molar-refractivity contribution in [2.75, 3.05) is 14.1 Å². The Bertz CT molecular complexity index is 815. The lowest BCUT2D eigenvalue weighted by molar-refractivity contribution is 0.223. The molecule has 0 aliphatic carbocycles. The van der Waals surface area contributed by atoms with Crippen molar-refractivity contribution in [2.24, 2.45) is 0 Å². The van der Waals surface area contributed by atoms with Crippen LogP contribution in [0.2, 0.25) is 0 Å². The topological polar surface area (TPSA) is 60.0 Å². The van der Waals surface area contributed by atoms with Gasteiger partial charge in [0.25, 0.3) is 0 Å². The predicted octanol–water partition coefficient (Wildman–Crippen LogP) is 3.79. The minimum absolute atomic E-state index is 0.244. The zero-order valence-electron chi connectivity index (χ0n) is 14.1. The van der Waals surface area contributed by atoms with Crippen molar-refractivity contribution in [3.05, 3.63) is 76.8 Å². The van der Waals surface area contributed by atoms with Gasteiger partial charge < -0.3 is 4.74 Å². The molecule has 0 spiro atoms. The van der Waals surface area contributed by atoms with Gasteiger partial charge in [0.2, 0.25) is 0 Å². The minimum Gasteiger partial charge on any atom is -0.462 e. The molecular weight excluding hydrogens is 298 g/mol. The van der Waals surface area contributed by atoms with E-state index in [1.165, 1.54) is 0 Å². The average Bonchev–Trinajstić information content (AvgIpc) is 2.56. The predicted molar refractivity (Wildman–Crippen MR) is 94.1 cm³/mol. The molecule has 0 saturated heterocycles. The van der Waals surface area contributed by atoms with Crippen LogP contribution in [0.3, 0.4) is 0 Å². The molecule has 1 aromatic carbocycles. The number of nitriles is 2. The fourth-order valence-electron chi connectivity index (χ4n) is 2.49. The first-order valence-corrected chi connectivity index (χ1v) is 7.52. The molecule has 4 nitrogen and oxygen atoms in total. The number of rotatable bonds is 4. The summed E-state index contributed by atoms with van der Waals surface area (Å²) in [7, 11) is 3.82. The van der Waals surface area contributed by atoms with Gasteiger partial charge in [-0.15, -0.1) is 0 Å². The second kappa shape index (κ2) is 7.46. The number of hydrogen-bond donors (Lipinski definition) is 0. The number of ether oxygens (including phenoxy) is 1. The fourth-order valence-corrected chi connectivity index (χ4v) is 2.49. The maximum absolute atomic E-state index is 9.52. The molecule has 0 saturated carbocycles. The van der Waals surface area contributed by atoms with Crippen LogP contribution >= 0.6 is 0 Å². The van der Waals surface area contributed by atoms with Crippen LogP contribution < -0.4 is 0 Å². The van der Waals surface area contributed by atoms with E-state index in [0.29, 0.717) is 28.2 Å². The molecular formula is C20H19N3O. The highest BCUT2D eigenvalue weighted by Gasteiger charge is 2.29. The molecule has 120 valence electrons. The lowest BCUT2D eigenvalue weighted by Gasteiger charge is -2.29. The Hall–Kier alpha value is -3.08. The highest BCUT2D eigenvalue weighted by molar-refractivity contribution is 5.62. The molecule has 1 heterocycles. The smallest absolute Gasteiger partial charge is 0.143 e. The molecule has 0 amide bonds. The first-order chi connectivity index (χ1) is 11.5. The van der Waals surface area contributed by atoms with E-state index >= 15 is 0 Å². The standard InChI is InChI=1S/C20H19N3O/c1-14-17(12-21)15(2)24-20(18(14)13-22)19(23(3)4)11-10-16-8-6-5-7-9-16/h5-11,19H,1H2,2-4H3. The Labute approximate surface area is 142 Å². The molecule has 2 rings (SSSR count). The van der Waals surface area contributed by atoms with Crippen LogP contribution in [0, 0.1) is 22.7 Å². The number of likely N-dealkylation sites (N-methyl/N-ethyl adjacent to an activating group) is 1. The van der Waals surface area contributed by atoms with Crippen molar-refractivity contribution in [3.63, 3.8) is 0 Å². The zero-order chi connectivity index (χ0) is 17.7. The maximum atomic E-state index is 9.52. The molecule has 1 aliphatic rings. The van der Waals surface area contributed by atoms with Crippen molar-refractivity contribution in [2.45, 2.75) is 13.0 Å². The van der Waals surface area contributed by atoms with Gasteiger partial charge in [-0.3, -0.25) is 4.90 Å². The molecule has 0 radical (unpaired) electrons. The van der Waals surface area contributed by atoms with Crippen LogP contribution in [0.5, 0.6) is 0 Å². The highest BCUT2D eigenvalue weighted by Crippen LogP contribution is 2.33. The third-order valence-electron chi connectivity index (χ3n) is 3.78. The first-order valence-electron chi connectivity index (χ1n) is 7.52. The third kappa shape index (κ3) is 3.46. The molecule has 1 atom stereocenters. The Balaban J connectivity index is 2.44. The van der Waals surface area contributed by atoms with Gasteiger partial charge in [0, 0.05) is 5.57 Å². The van der Waals surface area contributed by atoms with Gasteiger partial charge in [0.1, 0.15) is 29.2 Å². The Morgan fingerprint density at radius 1 is 1.12 bits per heavy atom. The van der Waals surface area contributed by atoms with Crippen molar-refractivity contribution < 1.29 is 4.74 Å². The molecule has 0 N–H and O–H groups in total. The molecule has 0 fully saturated rings. The number of allylic oxidation sites excluding steroid dienone is 4. The van der Waals surface area contributed by atoms with Crippen molar-refractivity contribution in [1.82, 2.24) is 4.90 Å². The molecule has 1 unspecified atom stereocenters. The van der Waals surface area contributed by atoms with Gasteiger partial charge in [-0.1, -0.05) is 49.1 Å². The second-order valence-corrected chi connectivity index (χ2v) is 5.65. The summed E-state index contributed by atoms with van der Waals surface area (Å²) in [6, 6.07) is 13.8. The molecule has 24 heavy (non-hydrogen) atoms. The monoisotopic (exact) mass is 317 g/mol. The summed E-state index contributed by atoms with van der Waals surface area (Å²) in [5.41, 5.74) is 2.11. The van der Waals surface area contributed by atoms with Gasteiger partial charge >= 0.3 is 0 Å². The van der Waals surface area contributed by atoms with E-state index in [4.69, 9.17) is 4.74 Å². The summed E-state index contributed by atoms with van der Waals surface area (Å²) in [6.45, 7) is 5.61. The first kappa shape index (κ1) is 17.3. The lowest BCUT2D eigenvalue weighted by atomic mass is 9.94. The second-order valence-electron chi connectivity index (χ2n) is 5.65. The Morgan fingerprint density at radius 2 is 1.75 bits per heavy atom. The molecule has 1 aliphatic heterocycles. The molecule has 0 bridgehead atoms. The molecule has 1 aromatic rings. The maximum Gasteiger partial charge on any atom is 0.143 e. The van der Waals surface area contributed by atoms with E-state index in [0.717, 1.165) is 5.56 Å². The Kier molecular flexibility index (Phi) is 5.37. The van der Waals surface area contributed by atoms with Gasteiger partial charge in [0.05, 0.1) is 11.6 Å². The van der Waals surface area contributed by atoms with Crippen molar-refractivity contribution in [3.8, 4) is 12.1 Å². The van der Waals surface area contributed by atoms with E-state index in [1.807, 2.05) is 61.5 Å². The largest absolute Gasteiger partial charge is 0.462 e. The minimum atomic E-state index is -0.244. The fraction of sp³-hybridized carbons (Fsp3) is 0.200. The normalized spacial score (nSPS) is 16.2. The van der Waals surface area contributed by atoms with Gasteiger partial charge in [-0.2, -0.15) is 10.5 Å². The number of nitrogens with zero attached hydrogens (tertiary/aromatic N) is 3. The van der Waals surface area contributed by atoms with Gasteiger partial charge in [-0.25, -0.2) is 0 Å². The lowest BCUT2D eigenvalue weighted by Crippen LogP contribution is -2.31. The quantitative estimate of drug-likeness (QED) is 0.847. The summed E-state index contributed by atoms with van der Waals surface area (Å²) in [4.78, 5) is 1.95. The number of hydrogen-bond acceptors (Lipinski definition) is 4. The Morgan fingerprint density at radius 3 is 2.29 bits per heavy atom. The van der Waals surface area contributed by atoms with E-state index in [1.54, 1.807) is 6.92 Å². The van der Waals surface area contributed by atoms with Gasteiger partial charge in [0.15, 0.2) is 0 Å². The zero-order valence-corrected chi connectivity index (χ0v) is 14.1. The van der Waals surface area contributed by atoms with Crippen LogP contribution in [0.25, 0.3) is 6.08 Å². The summed E-state index contributed by atoms with van der Waals surface area (Å²) in [5.74, 6) is 0.965. The van der Waals surface area contributed by atoms with E-state index in [-0.39, 0.29) is 6.04 Å². The van der Waals surface area contributed by atoms with E-state index in [9.17, 15) is 10.5 Å². The van der Waals surface area contributed by atoms with Crippen molar-refractivity contribution in [1.29, 1.82) is 10.5 Å². The van der Waals surface area contributed by atoms with E-state index in [2.05, 4.69) is 18.7 Å². The van der Waals surface area contributed by atoms with Gasteiger partial charge in [-0.05, 0) is 26.6 Å². The third-order valence-corrected chi connectivity index (χ3v) is 3.78. The average molecular weight is 317 g/mol. The summed E-state index contributed by atoms with van der Waals surface area (Å²) in [6.07, 6.45) is 3.96. The SMILES string of the molecule is C=C1C(C#N)=C(C)OC(C(C=Cc2ccccc2)N(C)C)=C1C#N. The number of benzene rings is 1. The molecule has 4 heteroatoms. The molecule has 0 aromatic heterocycles. The van der Waals surface area contributed by atoms with Crippen LogP contribution in [0.1, 0.15) is 12.5 Å². The van der Waals surface area contributed by atoms with Crippen LogP contribution in [-0.4, -0.2) is 25.0 Å². The van der Waals surface area contributed by atoms with Crippen LogP contribution in [-0.2, 0) is 4.74 Å². The van der Waals surface area contributed by atoms with E-state index < -0.39 is 0 Å². The summed E-state index contributed by atoms with van der Waals surface area (Å²) >= 11 is 0.